The van der Waals surface area contributed by atoms with E-state index in [1.807, 2.05) is 56.3 Å². The summed E-state index contributed by atoms with van der Waals surface area (Å²) >= 11 is 0. The lowest BCUT2D eigenvalue weighted by Crippen LogP contribution is -2.63. The smallest absolute Gasteiger partial charge is 0.227 e. The molecule has 4 rings (SSSR count). The molecule has 1 amide bonds. The Balaban J connectivity index is 1.47. The molecule has 3 unspecified atom stereocenters. The maximum absolute atomic E-state index is 12.7. The average Bonchev–Trinajstić information content (AvgIpc) is 2.66. The molecule has 0 bridgehead atoms. The van der Waals surface area contributed by atoms with Gasteiger partial charge < -0.3 is 10.6 Å². The Morgan fingerprint density at radius 1 is 1.04 bits per heavy atom. The second-order valence-electron chi connectivity index (χ2n) is 6.99. The van der Waals surface area contributed by atoms with Crippen molar-refractivity contribution in [3.05, 3.63) is 65.9 Å². The molecule has 6 nitrogen and oxygen atoms in total. The van der Waals surface area contributed by atoms with Crippen LogP contribution in [0.1, 0.15) is 18.2 Å². The van der Waals surface area contributed by atoms with E-state index < -0.39 is 6.29 Å². The van der Waals surface area contributed by atoms with E-state index in [-0.39, 0.29) is 17.9 Å². The molecular formula is C21H23N5O. The molecule has 1 aromatic heterocycles. The average molecular weight is 361 g/mol. The number of hydrogen-bond donors (Lipinski definition) is 3. The van der Waals surface area contributed by atoms with Crippen LogP contribution in [0.3, 0.4) is 0 Å². The molecule has 3 atom stereocenters. The number of amides is 1. The van der Waals surface area contributed by atoms with Gasteiger partial charge in [0.2, 0.25) is 11.9 Å². The largest absolute Gasteiger partial charge is 0.323 e. The summed E-state index contributed by atoms with van der Waals surface area (Å²) in [4.78, 5) is 21.7. The summed E-state index contributed by atoms with van der Waals surface area (Å²) in [5.74, 6) is 0.405. The SMILES string of the molecule is Cc1nc(NC2NC(=O)C(Cc3ccccc3)C(C)N2)nc2ccccc12. The van der Waals surface area contributed by atoms with Gasteiger partial charge in [0.05, 0.1) is 17.1 Å². The summed E-state index contributed by atoms with van der Waals surface area (Å²) in [6.07, 6.45) is 0.305. The highest BCUT2D eigenvalue weighted by Gasteiger charge is 2.33. The zero-order chi connectivity index (χ0) is 18.8. The highest BCUT2D eigenvalue weighted by atomic mass is 16.2. The Morgan fingerprint density at radius 2 is 1.78 bits per heavy atom. The van der Waals surface area contributed by atoms with E-state index in [9.17, 15) is 4.79 Å². The van der Waals surface area contributed by atoms with Crippen molar-refractivity contribution in [2.45, 2.75) is 32.6 Å². The van der Waals surface area contributed by atoms with Crippen LogP contribution in [0.5, 0.6) is 0 Å². The highest BCUT2D eigenvalue weighted by Crippen LogP contribution is 2.19. The number of hydrogen-bond acceptors (Lipinski definition) is 5. The van der Waals surface area contributed by atoms with Crippen LogP contribution in [-0.4, -0.2) is 28.2 Å². The normalized spacial score (nSPS) is 22.4. The van der Waals surface area contributed by atoms with Gasteiger partial charge >= 0.3 is 0 Å². The Morgan fingerprint density at radius 3 is 2.56 bits per heavy atom. The number of benzene rings is 2. The molecule has 1 aliphatic heterocycles. The van der Waals surface area contributed by atoms with Gasteiger partial charge in [0.1, 0.15) is 0 Å². The van der Waals surface area contributed by atoms with Gasteiger partial charge in [0.25, 0.3) is 0 Å². The monoisotopic (exact) mass is 361 g/mol. The van der Waals surface area contributed by atoms with Crippen molar-refractivity contribution in [3.8, 4) is 0 Å². The van der Waals surface area contributed by atoms with Crippen LogP contribution in [-0.2, 0) is 11.2 Å². The van der Waals surface area contributed by atoms with Crippen LogP contribution >= 0.6 is 0 Å². The number of fused-ring (bicyclic) bond motifs is 1. The summed E-state index contributed by atoms with van der Waals surface area (Å²) in [7, 11) is 0. The molecule has 1 saturated heterocycles. The van der Waals surface area contributed by atoms with Crippen LogP contribution in [0, 0.1) is 12.8 Å². The molecule has 2 aromatic carbocycles. The standard InChI is InChI=1S/C21H23N5O/c1-13-16-10-6-7-11-18(16)24-20(22-13)26-21-23-14(2)17(19(27)25-21)12-15-8-4-3-5-9-15/h3-11,14,17,21,23H,12H2,1-2H3,(H,25,27)(H,22,24,26). The Labute approximate surface area is 158 Å². The minimum absolute atomic E-state index is 0.0259. The maximum Gasteiger partial charge on any atom is 0.227 e. The molecule has 0 aliphatic carbocycles. The van der Waals surface area contributed by atoms with Gasteiger partial charge in [-0.2, -0.15) is 0 Å². The third-order valence-electron chi connectivity index (χ3n) is 5.02. The summed E-state index contributed by atoms with van der Waals surface area (Å²) < 4.78 is 0. The first kappa shape index (κ1) is 17.4. The molecule has 0 radical (unpaired) electrons. The van der Waals surface area contributed by atoms with Crippen molar-refractivity contribution in [1.29, 1.82) is 0 Å². The van der Waals surface area contributed by atoms with E-state index in [1.165, 1.54) is 0 Å². The molecule has 1 fully saturated rings. The molecule has 3 N–H and O–H groups in total. The van der Waals surface area contributed by atoms with Gasteiger partial charge in [0, 0.05) is 11.4 Å². The molecule has 3 aromatic rings. The fraction of sp³-hybridized carbons (Fsp3) is 0.286. The lowest BCUT2D eigenvalue weighted by atomic mass is 9.91. The first-order valence-corrected chi connectivity index (χ1v) is 9.20. The minimum Gasteiger partial charge on any atom is -0.323 e. The lowest BCUT2D eigenvalue weighted by molar-refractivity contribution is -0.128. The van der Waals surface area contributed by atoms with Gasteiger partial charge in [-0.25, -0.2) is 9.97 Å². The molecule has 1 aliphatic rings. The van der Waals surface area contributed by atoms with Crippen molar-refractivity contribution in [2.75, 3.05) is 5.32 Å². The van der Waals surface area contributed by atoms with Gasteiger partial charge in [-0.1, -0.05) is 48.5 Å². The first-order chi connectivity index (χ1) is 13.1. The minimum atomic E-state index is -0.403. The van der Waals surface area contributed by atoms with Crippen molar-refractivity contribution >= 4 is 22.8 Å². The zero-order valence-corrected chi connectivity index (χ0v) is 15.4. The van der Waals surface area contributed by atoms with Crippen molar-refractivity contribution in [2.24, 2.45) is 5.92 Å². The number of carbonyl (C=O) groups is 1. The van der Waals surface area contributed by atoms with Crippen LogP contribution in [0.2, 0.25) is 0 Å². The predicted octanol–water partition coefficient (Wildman–Crippen LogP) is 2.60. The zero-order valence-electron chi connectivity index (χ0n) is 15.4. The number of para-hydroxylation sites is 1. The number of rotatable bonds is 4. The second kappa shape index (κ2) is 7.32. The van der Waals surface area contributed by atoms with Crippen molar-refractivity contribution < 1.29 is 4.79 Å². The molecular weight excluding hydrogens is 338 g/mol. The predicted molar refractivity (Wildman–Crippen MR) is 106 cm³/mol. The van der Waals surface area contributed by atoms with E-state index in [1.54, 1.807) is 0 Å². The lowest BCUT2D eigenvalue weighted by Gasteiger charge is -2.36. The number of aryl methyl sites for hydroxylation is 1. The van der Waals surface area contributed by atoms with Gasteiger partial charge in [-0.3, -0.25) is 10.1 Å². The molecule has 6 heteroatoms. The highest BCUT2D eigenvalue weighted by molar-refractivity contribution is 5.82. The first-order valence-electron chi connectivity index (χ1n) is 9.20. The Hall–Kier alpha value is -2.99. The van der Waals surface area contributed by atoms with Gasteiger partial charge in [-0.15, -0.1) is 0 Å². The number of anilines is 1. The maximum atomic E-state index is 12.7. The van der Waals surface area contributed by atoms with E-state index >= 15 is 0 Å². The van der Waals surface area contributed by atoms with Crippen LogP contribution in [0.25, 0.3) is 10.9 Å². The summed E-state index contributed by atoms with van der Waals surface area (Å²) in [6, 6.07) is 18.0. The number of aromatic nitrogens is 2. The van der Waals surface area contributed by atoms with Gasteiger partial charge in [0.15, 0.2) is 6.29 Å². The number of carbonyl (C=O) groups excluding carboxylic acids is 1. The molecule has 0 saturated carbocycles. The fourth-order valence-electron chi connectivity index (χ4n) is 3.54. The molecule has 0 spiro atoms. The second-order valence-corrected chi connectivity index (χ2v) is 6.99. The van der Waals surface area contributed by atoms with E-state index in [0.717, 1.165) is 22.2 Å². The Kier molecular flexibility index (Phi) is 4.73. The quantitative estimate of drug-likeness (QED) is 0.666. The van der Waals surface area contributed by atoms with E-state index in [2.05, 4.69) is 38.1 Å². The van der Waals surface area contributed by atoms with Crippen LogP contribution in [0.15, 0.2) is 54.6 Å². The van der Waals surface area contributed by atoms with Crippen LogP contribution < -0.4 is 16.0 Å². The molecule has 27 heavy (non-hydrogen) atoms. The fourth-order valence-corrected chi connectivity index (χ4v) is 3.54. The van der Waals surface area contributed by atoms with Crippen molar-refractivity contribution in [3.63, 3.8) is 0 Å². The van der Waals surface area contributed by atoms with Gasteiger partial charge in [-0.05, 0) is 31.9 Å². The topological polar surface area (TPSA) is 78.9 Å². The van der Waals surface area contributed by atoms with Crippen molar-refractivity contribution in [1.82, 2.24) is 20.6 Å². The Bertz CT molecular complexity index is 959. The molecule has 138 valence electrons. The summed E-state index contributed by atoms with van der Waals surface area (Å²) in [6.45, 7) is 3.99. The summed E-state index contributed by atoms with van der Waals surface area (Å²) in [5, 5.41) is 10.6. The molecule has 2 heterocycles. The van der Waals surface area contributed by atoms with E-state index in [0.29, 0.717) is 12.4 Å². The van der Waals surface area contributed by atoms with Crippen LogP contribution in [0.4, 0.5) is 5.95 Å². The number of nitrogens with zero attached hydrogens (tertiary/aromatic N) is 2. The third kappa shape index (κ3) is 3.75. The third-order valence-corrected chi connectivity index (χ3v) is 5.02. The number of nitrogens with one attached hydrogen (secondary N) is 3. The summed E-state index contributed by atoms with van der Waals surface area (Å²) in [5.41, 5.74) is 2.94. The van der Waals surface area contributed by atoms with E-state index in [4.69, 9.17) is 0 Å².